The van der Waals surface area contributed by atoms with Crippen LogP contribution in [-0.2, 0) is 6.18 Å². The van der Waals surface area contributed by atoms with Gasteiger partial charge in [-0.1, -0.05) is 23.7 Å². The molecule has 3 rings (SSSR count). The van der Waals surface area contributed by atoms with Crippen LogP contribution in [0.1, 0.15) is 5.56 Å². The molecule has 1 aromatic carbocycles. The van der Waals surface area contributed by atoms with Crippen molar-refractivity contribution in [2.75, 3.05) is 23.3 Å². The van der Waals surface area contributed by atoms with Gasteiger partial charge >= 0.3 is 12.2 Å². The molecule has 0 spiro atoms. The van der Waals surface area contributed by atoms with Crippen molar-refractivity contribution in [3.8, 4) is 0 Å². The summed E-state index contributed by atoms with van der Waals surface area (Å²) < 4.78 is 37.5. The number of carbonyl (C=O) groups is 1. The van der Waals surface area contributed by atoms with Gasteiger partial charge in [0.25, 0.3) is 0 Å². The molecule has 5 nitrogen and oxygen atoms in total. The molecule has 1 aromatic heterocycles. The molecule has 25 heavy (non-hydrogen) atoms. The highest BCUT2D eigenvalue weighted by atomic mass is 35.5. The fourth-order valence-electron chi connectivity index (χ4n) is 2.40. The van der Waals surface area contributed by atoms with Crippen LogP contribution in [-0.4, -0.2) is 30.1 Å². The van der Waals surface area contributed by atoms with Gasteiger partial charge in [0.2, 0.25) is 0 Å². The van der Waals surface area contributed by atoms with Crippen LogP contribution in [0.4, 0.5) is 29.5 Å². The Kier molecular flexibility index (Phi) is 4.71. The molecule has 0 aliphatic carbocycles. The number of pyridine rings is 1. The minimum atomic E-state index is -4.40. The zero-order chi connectivity index (χ0) is 18.0. The summed E-state index contributed by atoms with van der Waals surface area (Å²) in [4.78, 5) is 17.5. The monoisotopic (exact) mass is 370 g/mol. The third kappa shape index (κ3) is 4.14. The van der Waals surface area contributed by atoms with E-state index < -0.39 is 17.8 Å². The second-order valence-corrected chi connectivity index (χ2v) is 5.99. The molecule has 1 fully saturated rings. The third-order valence-corrected chi connectivity index (χ3v) is 4.07. The minimum Gasteiger partial charge on any atom is -0.352 e. The van der Waals surface area contributed by atoms with Crippen LogP contribution in [0.25, 0.3) is 0 Å². The number of hydrogen-bond donors (Lipinski definition) is 2. The number of nitrogens with one attached hydrogen (secondary N) is 2. The Morgan fingerprint density at radius 3 is 2.52 bits per heavy atom. The fraction of sp³-hybridized carbons (Fsp3) is 0.250. The van der Waals surface area contributed by atoms with Gasteiger partial charge in [-0.25, -0.2) is 9.78 Å². The quantitative estimate of drug-likeness (QED) is 0.864. The number of nitrogens with zero attached hydrogens (tertiary/aromatic N) is 2. The molecule has 2 N–H and O–H groups in total. The zero-order valence-corrected chi connectivity index (χ0v) is 13.6. The van der Waals surface area contributed by atoms with E-state index in [0.29, 0.717) is 29.6 Å². The number of amides is 2. The lowest BCUT2D eigenvalue weighted by atomic mass is 10.1. The highest BCUT2D eigenvalue weighted by molar-refractivity contribution is 6.33. The first-order chi connectivity index (χ1) is 11.8. The lowest BCUT2D eigenvalue weighted by Crippen LogP contribution is -2.60. The molecule has 0 unspecified atom stereocenters. The van der Waals surface area contributed by atoms with Crippen molar-refractivity contribution in [3.63, 3.8) is 0 Å². The molecular formula is C16H14ClF3N4O. The first-order valence-corrected chi connectivity index (χ1v) is 7.81. The molecule has 2 heterocycles. The zero-order valence-electron chi connectivity index (χ0n) is 12.8. The highest BCUT2D eigenvalue weighted by Crippen LogP contribution is 2.30. The Hall–Kier alpha value is -2.48. The van der Waals surface area contributed by atoms with E-state index in [2.05, 4.69) is 15.6 Å². The average molecular weight is 371 g/mol. The van der Waals surface area contributed by atoms with E-state index in [9.17, 15) is 18.0 Å². The Balaban J connectivity index is 1.49. The minimum absolute atomic E-state index is 0.119. The van der Waals surface area contributed by atoms with Gasteiger partial charge in [0, 0.05) is 19.3 Å². The van der Waals surface area contributed by atoms with E-state index >= 15 is 0 Å². The summed E-state index contributed by atoms with van der Waals surface area (Å²) in [6.45, 7) is 0.933. The number of halogens is 4. The molecule has 0 saturated carbocycles. The highest BCUT2D eigenvalue weighted by Gasteiger charge is 2.32. The maximum Gasteiger partial charge on any atom is 0.417 e. The van der Waals surface area contributed by atoms with E-state index in [1.165, 1.54) is 6.07 Å². The number of carbonyl (C=O) groups excluding carboxylic acids is 1. The predicted octanol–water partition coefficient (Wildman–Crippen LogP) is 3.76. The predicted molar refractivity (Wildman–Crippen MR) is 88.8 cm³/mol. The summed E-state index contributed by atoms with van der Waals surface area (Å²) in [5.41, 5.74) is -0.284. The van der Waals surface area contributed by atoms with Gasteiger partial charge in [0.05, 0.1) is 22.3 Å². The van der Waals surface area contributed by atoms with Crippen molar-refractivity contribution in [2.45, 2.75) is 12.2 Å². The topological polar surface area (TPSA) is 57.3 Å². The van der Waals surface area contributed by atoms with Crippen molar-refractivity contribution < 1.29 is 18.0 Å². The summed E-state index contributed by atoms with van der Waals surface area (Å²) >= 11 is 5.96. The van der Waals surface area contributed by atoms with Crippen LogP contribution in [0, 0.1) is 0 Å². The first-order valence-electron chi connectivity index (χ1n) is 7.43. The smallest absolute Gasteiger partial charge is 0.352 e. The lowest BCUT2D eigenvalue weighted by Gasteiger charge is -2.40. The standard InChI is InChI=1S/C16H14ClF3N4O/c17-12-3-1-2-4-13(12)23-15(25)22-11-8-24(9-11)14-6-5-10(7-21-14)16(18,19)20/h1-7,11H,8-9H2,(H2,22,23,25). The van der Waals surface area contributed by atoms with Crippen molar-refractivity contribution in [1.29, 1.82) is 0 Å². The molecule has 0 radical (unpaired) electrons. The maximum absolute atomic E-state index is 12.5. The Labute approximate surface area is 146 Å². The molecule has 132 valence electrons. The van der Waals surface area contributed by atoms with Gasteiger partial charge in [0.15, 0.2) is 0 Å². The molecule has 1 aliphatic heterocycles. The Bertz CT molecular complexity index is 761. The van der Waals surface area contributed by atoms with Crippen molar-refractivity contribution >= 4 is 29.1 Å². The first kappa shape index (κ1) is 17.3. The van der Waals surface area contributed by atoms with Crippen molar-refractivity contribution in [2.24, 2.45) is 0 Å². The van der Waals surface area contributed by atoms with Crippen LogP contribution < -0.4 is 15.5 Å². The van der Waals surface area contributed by atoms with E-state index in [4.69, 9.17) is 11.6 Å². The number of hydrogen-bond acceptors (Lipinski definition) is 3. The van der Waals surface area contributed by atoms with Gasteiger partial charge < -0.3 is 15.5 Å². The molecule has 1 aliphatic rings. The Morgan fingerprint density at radius 2 is 1.92 bits per heavy atom. The maximum atomic E-state index is 12.5. The molecule has 0 atom stereocenters. The molecule has 0 bridgehead atoms. The van der Waals surface area contributed by atoms with Crippen LogP contribution in [0.2, 0.25) is 5.02 Å². The number of aromatic nitrogens is 1. The number of alkyl halides is 3. The largest absolute Gasteiger partial charge is 0.417 e. The third-order valence-electron chi connectivity index (χ3n) is 3.74. The number of anilines is 2. The normalized spacial score (nSPS) is 14.8. The van der Waals surface area contributed by atoms with E-state index in [1.54, 1.807) is 29.2 Å². The van der Waals surface area contributed by atoms with Crippen LogP contribution in [0.5, 0.6) is 0 Å². The summed E-state index contributed by atoms with van der Waals surface area (Å²) in [6.07, 6.45) is -3.60. The van der Waals surface area contributed by atoms with E-state index in [1.807, 2.05) is 0 Å². The van der Waals surface area contributed by atoms with Crippen LogP contribution in [0.15, 0.2) is 42.6 Å². The van der Waals surface area contributed by atoms with E-state index in [-0.39, 0.29) is 6.04 Å². The van der Waals surface area contributed by atoms with E-state index in [0.717, 1.165) is 12.3 Å². The lowest BCUT2D eigenvalue weighted by molar-refractivity contribution is -0.137. The van der Waals surface area contributed by atoms with Crippen LogP contribution in [0.3, 0.4) is 0 Å². The molecule has 2 aromatic rings. The van der Waals surface area contributed by atoms with Gasteiger partial charge in [-0.2, -0.15) is 13.2 Å². The van der Waals surface area contributed by atoms with Gasteiger partial charge in [-0.05, 0) is 24.3 Å². The summed E-state index contributed by atoms with van der Waals surface area (Å²) in [6, 6.07) is 8.66. The molecule has 1 saturated heterocycles. The van der Waals surface area contributed by atoms with Crippen molar-refractivity contribution in [1.82, 2.24) is 10.3 Å². The number of para-hydroxylation sites is 1. The Morgan fingerprint density at radius 1 is 1.20 bits per heavy atom. The van der Waals surface area contributed by atoms with Crippen LogP contribution >= 0.6 is 11.6 Å². The van der Waals surface area contributed by atoms with Gasteiger partial charge in [-0.15, -0.1) is 0 Å². The van der Waals surface area contributed by atoms with Crippen molar-refractivity contribution in [3.05, 3.63) is 53.2 Å². The molecular weight excluding hydrogens is 357 g/mol. The molecule has 9 heteroatoms. The molecule has 2 amide bonds. The van der Waals surface area contributed by atoms with Gasteiger partial charge in [0.1, 0.15) is 5.82 Å². The number of urea groups is 1. The van der Waals surface area contributed by atoms with Gasteiger partial charge in [-0.3, -0.25) is 0 Å². The fourth-order valence-corrected chi connectivity index (χ4v) is 2.59. The second kappa shape index (κ2) is 6.79. The SMILES string of the molecule is O=C(Nc1ccccc1Cl)NC1CN(c2ccc(C(F)(F)F)cn2)C1. The summed E-state index contributed by atoms with van der Waals surface area (Å²) in [5.74, 6) is 0.442. The number of rotatable bonds is 3. The summed E-state index contributed by atoms with van der Waals surface area (Å²) in [7, 11) is 0. The second-order valence-electron chi connectivity index (χ2n) is 5.58. The average Bonchev–Trinajstić information content (AvgIpc) is 2.52. The number of benzene rings is 1. The summed E-state index contributed by atoms with van der Waals surface area (Å²) in [5, 5.41) is 5.85.